The minimum Gasteiger partial charge on any atom is -0.545 e. The van der Waals surface area contributed by atoms with Crippen LogP contribution in [-0.2, 0) is 4.74 Å². The summed E-state index contributed by atoms with van der Waals surface area (Å²) in [6, 6.07) is 4.88. The van der Waals surface area contributed by atoms with Crippen molar-refractivity contribution in [3.05, 3.63) is 35.2 Å². The molecule has 1 aliphatic rings. The Labute approximate surface area is 128 Å². The molecule has 118 valence electrons. The van der Waals surface area contributed by atoms with Crippen molar-refractivity contribution in [1.82, 2.24) is 10.2 Å². The minimum atomic E-state index is -1.21. The summed E-state index contributed by atoms with van der Waals surface area (Å²) in [5.74, 6) is -0.471. The van der Waals surface area contributed by atoms with Crippen LogP contribution in [0.4, 0.5) is 0 Å². The number of ether oxygens (including phenoxy) is 1. The zero-order valence-corrected chi connectivity index (χ0v) is 12.7. The molecule has 0 atom stereocenters. The van der Waals surface area contributed by atoms with Crippen molar-refractivity contribution in [3.63, 3.8) is 0 Å². The van der Waals surface area contributed by atoms with Crippen LogP contribution in [0.5, 0.6) is 0 Å². The number of hydrogen-bond donors (Lipinski definition) is 1. The predicted octanol–water partition coefficient (Wildman–Crippen LogP) is -0.703. The zero-order chi connectivity index (χ0) is 15.9. The lowest BCUT2D eigenvalue weighted by Crippen LogP contribution is -2.87. The van der Waals surface area contributed by atoms with E-state index in [1.54, 1.807) is 26.0 Å². The van der Waals surface area contributed by atoms with Gasteiger partial charge >= 0.3 is 0 Å². The molecule has 0 unspecified atom stereocenters. The van der Waals surface area contributed by atoms with E-state index in [2.05, 4.69) is 15.5 Å². The van der Waals surface area contributed by atoms with Crippen LogP contribution in [0.1, 0.15) is 21.8 Å². The van der Waals surface area contributed by atoms with Gasteiger partial charge in [-0.2, -0.15) is 0 Å². The topological polar surface area (TPSA) is 105 Å². The van der Waals surface area contributed by atoms with Crippen molar-refractivity contribution in [3.8, 4) is 11.5 Å². The molecule has 1 saturated heterocycles. The standard InChI is InChI=1S/C11H10N2O3.C4H9NO/c1-6-3-4-8(5-9(6)11(14)15)10-13-12-7(2)16-10;1-3-6-4-2-5-1/h3-5H,1-2H3,(H,14,15);5H,1-4H2. The van der Waals surface area contributed by atoms with E-state index in [0.29, 0.717) is 22.9 Å². The number of aryl methyl sites for hydroxylation is 2. The van der Waals surface area contributed by atoms with Crippen LogP contribution in [-0.4, -0.2) is 42.5 Å². The highest BCUT2D eigenvalue weighted by atomic mass is 16.5. The Morgan fingerprint density at radius 2 is 1.95 bits per heavy atom. The lowest BCUT2D eigenvalue weighted by molar-refractivity contribution is -0.670. The normalized spacial score (nSPS) is 14.1. The Kier molecular flexibility index (Phi) is 5.62. The molecule has 1 fully saturated rings. The van der Waals surface area contributed by atoms with Crippen molar-refractivity contribution in [1.29, 1.82) is 0 Å². The van der Waals surface area contributed by atoms with Gasteiger partial charge in [0.2, 0.25) is 11.8 Å². The molecule has 2 heterocycles. The molecule has 1 aliphatic heterocycles. The molecule has 1 aromatic carbocycles. The van der Waals surface area contributed by atoms with Crippen LogP contribution in [0.25, 0.3) is 11.5 Å². The highest BCUT2D eigenvalue weighted by Crippen LogP contribution is 2.20. The third kappa shape index (κ3) is 4.37. The average Bonchev–Trinajstić information content (AvgIpc) is 2.96. The number of rotatable bonds is 2. The number of morpholine rings is 1. The number of carbonyl (C=O) groups excluding carboxylic acids is 1. The van der Waals surface area contributed by atoms with Crippen LogP contribution in [0.2, 0.25) is 0 Å². The number of carboxylic acids is 1. The third-order valence-electron chi connectivity index (χ3n) is 3.16. The first-order chi connectivity index (χ1) is 10.6. The maximum atomic E-state index is 10.8. The third-order valence-corrected chi connectivity index (χ3v) is 3.16. The van der Waals surface area contributed by atoms with Gasteiger partial charge in [0.1, 0.15) is 0 Å². The van der Waals surface area contributed by atoms with Crippen molar-refractivity contribution in [2.45, 2.75) is 13.8 Å². The zero-order valence-electron chi connectivity index (χ0n) is 12.7. The molecule has 0 amide bonds. The molecular formula is C15H19N3O4. The Balaban J connectivity index is 0.000000246. The van der Waals surface area contributed by atoms with Gasteiger partial charge in [0, 0.05) is 18.1 Å². The lowest BCUT2D eigenvalue weighted by Gasteiger charge is -2.07. The average molecular weight is 305 g/mol. The van der Waals surface area contributed by atoms with E-state index in [0.717, 1.165) is 26.3 Å². The van der Waals surface area contributed by atoms with Gasteiger partial charge in [-0.25, -0.2) is 0 Å². The number of quaternary nitrogens is 1. The van der Waals surface area contributed by atoms with Gasteiger partial charge in [-0.1, -0.05) is 6.07 Å². The molecule has 7 heteroatoms. The summed E-state index contributed by atoms with van der Waals surface area (Å²) in [7, 11) is 0. The van der Waals surface area contributed by atoms with Crippen LogP contribution in [0.15, 0.2) is 22.6 Å². The van der Waals surface area contributed by atoms with Crippen LogP contribution < -0.4 is 10.4 Å². The minimum absolute atomic E-state index is 0.133. The smallest absolute Gasteiger partial charge is 0.247 e. The quantitative estimate of drug-likeness (QED) is 0.786. The number of hydrogen-bond acceptors (Lipinski definition) is 6. The molecule has 2 N–H and O–H groups in total. The van der Waals surface area contributed by atoms with Gasteiger partial charge in [-0.15, -0.1) is 10.2 Å². The molecule has 22 heavy (non-hydrogen) atoms. The summed E-state index contributed by atoms with van der Waals surface area (Å²) in [6.45, 7) is 7.57. The summed E-state index contributed by atoms with van der Waals surface area (Å²) in [4.78, 5) is 10.8. The van der Waals surface area contributed by atoms with E-state index in [4.69, 9.17) is 9.15 Å². The predicted molar refractivity (Wildman–Crippen MR) is 76.0 cm³/mol. The van der Waals surface area contributed by atoms with Crippen molar-refractivity contribution < 1.29 is 24.4 Å². The fourth-order valence-corrected chi connectivity index (χ4v) is 1.97. The summed E-state index contributed by atoms with van der Waals surface area (Å²) in [6.07, 6.45) is 0. The van der Waals surface area contributed by atoms with Gasteiger partial charge in [-0.3, -0.25) is 0 Å². The Hall–Kier alpha value is -2.25. The van der Waals surface area contributed by atoms with Gasteiger partial charge in [-0.05, 0) is 24.6 Å². The van der Waals surface area contributed by atoms with E-state index in [1.165, 1.54) is 6.07 Å². The van der Waals surface area contributed by atoms with Crippen LogP contribution in [0.3, 0.4) is 0 Å². The first kappa shape index (κ1) is 16.1. The molecule has 0 spiro atoms. The van der Waals surface area contributed by atoms with Gasteiger partial charge in [0.25, 0.3) is 0 Å². The van der Waals surface area contributed by atoms with Crippen molar-refractivity contribution >= 4 is 5.97 Å². The fourth-order valence-electron chi connectivity index (χ4n) is 1.97. The van der Waals surface area contributed by atoms with E-state index >= 15 is 0 Å². The maximum absolute atomic E-state index is 10.8. The van der Waals surface area contributed by atoms with E-state index in [-0.39, 0.29) is 5.56 Å². The molecule has 0 radical (unpaired) electrons. The molecule has 7 nitrogen and oxygen atoms in total. The number of carboxylic acid groups (broad SMARTS) is 1. The monoisotopic (exact) mass is 305 g/mol. The molecule has 0 aliphatic carbocycles. The van der Waals surface area contributed by atoms with Crippen molar-refractivity contribution in [2.24, 2.45) is 0 Å². The first-order valence-electron chi connectivity index (χ1n) is 7.10. The first-order valence-corrected chi connectivity index (χ1v) is 7.10. The molecule has 3 rings (SSSR count). The molecule has 1 aromatic heterocycles. The number of aromatic carboxylic acids is 1. The molecule has 2 aromatic rings. The highest BCUT2D eigenvalue weighted by Gasteiger charge is 2.08. The Bertz CT molecular complexity index is 624. The Morgan fingerprint density at radius 3 is 2.41 bits per heavy atom. The summed E-state index contributed by atoms with van der Waals surface area (Å²) in [5, 5.41) is 20.6. The number of benzene rings is 1. The van der Waals surface area contributed by atoms with Gasteiger partial charge < -0.3 is 24.4 Å². The number of carbonyl (C=O) groups is 1. The summed E-state index contributed by atoms with van der Waals surface area (Å²) < 4.78 is 10.2. The second kappa shape index (κ2) is 7.67. The van der Waals surface area contributed by atoms with E-state index < -0.39 is 5.97 Å². The molecule has 0 bridgehead atoms. The number of nitrogens with zero attached hydrogens (tertiary/aromatic N) is 2. The molecular weight excluding hydrogens is 286 g/mol. The second-order valence-corrected chi connectivity index (χ2v) is 4.92. The molecule has 0 saturated carbocycles. The maximum Gasteiger partial charge on any atom is 0.247 e. The SMILES string of the molecule is C1COCC[NH2+]1.Cc1nnc(-c2ccc(C)c(C(=O)[O-])c2)o1. The highest BCUT2D eigenvalue weighted by molar-refractivity contribution is 5.89. The number of aromatic nitrogens is 2. The van der Waals surface area contributed by atoms with E-state index in [9.17, 15) is 9.90 Å². The number of nitrogens with two attached hydrogens (primary N) is 1. The van der Waals surface area contributed by atoms with Gasteiger partial charge in [0.05, 0.1) is 32.3 Å². The van der Waals surface area contributed by atoms with Crippen LogP contribution >= 0.6 is 0 Å². The van der Waals surface area contributed by atoms with Crippen LogP contribution in [0, 0.1) is 13.8 Å². The Morgan fingerprint density at radius 1 is 1.23 bits per heavy atom. The summed E-state index contributed by atoms with van der Waals surface area (Å²) >= 11 is 0. The summed E-state index contributed by atoms with van der Waals surface area (Å²) in [5.41, 5.74) is 1.35. The second-order valence-electron chi connectivity index (χ2n) is 4.92. The largest absolute Gasteiger partial charge is 0.545 e. The fraction of sp³-hybridized carbons (Fsp3) is 0.400. The van der Waals surface area contributed by atoms with E-state index in [1.807, 2.05) is 0 Å². The lowest BCUT2D eigenvalue weighted by atomic mass is 10.1. The van der Waals surface area contributed by atoms with Crippen molar-refractivity contribution in [2.75, 3.05) is 26.3 Å². The van der Waals surface area contributed by atoms with Gasteiger partial charge in [0.15, 0.2) is 0 Å².